The number of carbonyl (C=O) groups excluding carboxylic acids is 1. The van der Waals surface area contributed by atoms with Crippen LogP contribution in [0.2, 0.25) is 0 Å². The Morgan fingerprint density at radius 3 is 2.58 bits per heavy atom. The number of hydrogen-bond donors (Lipinski definition) is 1. The molecule has 1 aromatic heterocycles. The molecule has 0 fully saturated rings. The third-order valence-electron chi connectivity index (χ3n) is 4.01. The molecule has 0 saturated carbocycles. The Labute approximate surface area is 177 Å². The molecule has 2 heterocycles. The third kappa shape index (κ3) is 5.37. The molecule has 0 atom stereocenters. The van der Waals surface area contributed by atoms with Crippen LogP contribution in [-0.2, 0) is 10.0 Å². The molecule has 0 bridgehead atoms. The molecule has 0 unspecified atom stereocenters. The van der Waals surface area contributed by atoms with Crippen molar-refractivity contribution in [2.24, 2.45) is 0 Å². The molecule has 8 nitrogen and oxygen atoms in total. The van der Waals surface area contributed by atoms with Crippen LogP contribution < -0.4 is 19.1 Å². The average Bonchev–Trinajstić information content (AvgIpc) is 2.64. The zero-order valence-corrected chi connectivity index (χ0v) is 17.7. The number of nitrogens with one attached hydrogen (secondary N) is 1. The number of anilines is 1. The lowest BCUT2D eigenvalue weighted by atomic mass is 10.1. The minimum Gasteiger partial charge on any atom is -0.474 e. The van der Waals surface area contributed by atoms with Crippen molar-refractivity contribution in [3.05, 3.63) is 42.1 Å². The van der Waals surface area contributed by atoms with E-state index >= 15 is 0 Å². The van der Waals surface area contributed by atoms with Crippen LogP contribution in [0.3, 0.4) is 0 Å². The quantitative estimate of drug-likeness (QED) is 0.755. The summed E-state index contributed by atoms with van der Waals surface area (Å²) in [4.78, 5) is 16.1. The van der Waals surface area contributed by atoms with Gasteiger partial charge in [-0.3, -0.25) is 9.10 Å². The molecule has 0 aliphatic carbocycles. The van der Waals surface area contributed by atoms with Crippen LogP contribution in [0.15, 0.2) is 41.4 Å². The summed E-state index contributed by atoms with van der Waals surface area (Å²) in [7, 11) is -4.30. The van der Waals surface area contributed by atoms with E-state index in [0.717, 1.165) is 28.6 Å². The molecule has 31 heavy (non-hydrogen) atoms. The van der Waals surface area contributed by atoms with Gasteiger partial charge < -0.3 is 14.8 Å². The molecule has 1 aliphatic heterocycles. The summed E-state index contributed by atoms with van der Waals surface area (Å²) < 4.78 is 74.1. The Morgan fingerprint density at radius 1 is 1.23 bits per heavy atom. The summed E-state index contributed by atoms with van der Waals surface area (Å²) in [6, 6.07) is 5.38. The number of nitrogens with zero attached hydrogens (tertiary/aromatic N) is 2. The summed E-state index contributed by atoms with van der Waals surface area (Å²) in [6.07, 6.45) is -3.71. The van der Waals surface area contributed by atoms with Crippen LogP contribution in [-0.4, -0.2) is 44.4 Å². The summed E-state index contributed by atoms with van der Waals surface area (Å²) in [6.45, 7) is 5.21. The van der Waals surface area contributed by atoms with Gasteiger partial charge in [-0.15, -0.1) is 13.2 Å². The number of ether oxygens (including phenoxy) is 2. The summed E-state index contributed by atoms with van der Waals surface area (Å²) in [5.74, 6) is -1.14. The zero-order valence-electron chi connectivity index (χ0n) is 16.9. The first-order valence-corrected chi connectivity index (χ1v) is 10.5. The number of alkyl halides is 3. The Balaban J connectivity index is 1.99. The summed E-state index contributed by atoms with van der Waals surface area (Å²) in [5, 5.41) is 2.75. The number of pyridine rings is 1. The molecule has 1 aliphatic rings. The lowest BCUT2D eigenvalue weighted by Crippen LogP contribution is -2.41. The highest BCUT2D eigenvalue weighted by atomic mass is 32.2. The predicted molar refractivity (Wildman–Crippen MR) is 105 cm³/mol. The van der Waals surface area contributed by atoms with Crippen LogP contribution in [0.5, 0.6) is 11.6 Å². The van der Waals surface area contributed by atoms with Gasteiger partial charge in [0.25, 0.3) is 15.9 Å². The maximum Gasteiger partial charge on any atom is 0.573 e. The fourth-order valence-electron chi connectivity index (χ4n) is 2.82. The van der Waals surface area contributed by atoms with Gasteiger partial charge in [0.1, 0.15) is 18.0 Å². The van der Waals surface area contributed by atoms with Gasteiger partial charge in [0.2, 0.25) is 5.88 Å². The molecular weight excluding hydrogens is 439 g/mol. The minimum atomic E-state index is -4.97. The van der Waals surface area contributed by atoms with E-state index in [1.54, 1.807) is 20.8 Å². The van der Waals surface area contributed by atoms with Crippen LogP contribution in [0.25, 0.3) is 0 Å². The fourth-order valence-corrected chi connectivity index (χ4v) is 4.30. The number of amides is 1. The van der Waals surface area contributed by atoms with Gasteiger partial charge in [-0.2, -0.15) is 0 Å². The van der Waals surface area contributed by atoms with E-state index in [1.807, 2.05) is 0 Å². The van der Waals surface area contributed by atoms with Crippen molar-refractivity contribution in [3.8, 4) is 11.6 Å². The molecule has 2 aromatic rings. The van der Waals surface area contributed by atoms with Crippen LogP contribution in [0.4, 0.5) is 18.9 Å². The number of halogens is 3. The minimum absolute atomic E-state index is 0.00921. The van der Waals surface area contributed by atoms with Crippen LogP contribution >= 0.6 is 0 Å². The van der Waals surface area contributed by atoms with Gasteiger partial charge in [0, 0.05) is 17.8 Å². The second-order valence-corrected chi connectivity index (χ2v) is 9.56. The normalized spacial score (nSPS) is 14.5. The highest BCUT2D eigenvalue weighted by Crippen LogP contribution is 2.35. The van der Waals surface area contributed by atoms with Crippen molar-refractivity contribution in [1.82, 2.24) is 10.3 Å². The van der Waals surface area contributed by atoms with E-state index in [0.29, 0.717) is 0 Å². The topological polar surface area (TPSA) is 97.8 Å². The van der Waals surface area contributed by atoms with Crippen molar-refractivity contribution in [1.29, 1.82) is 0 Å². The number of hydrogen-bond acceptors (Lipinski definition) is 6. The lowest BCUT2D eigenvalue weighted by Gasteiger charge is -2.30. The van der Waals surface area contributed by atoms with E-state index in [9.17, 15) is 26.4 Å². The first-order valence-electron chi connectivity index (χ1n) is 9.10. The lowest BCUT2D eigenvalue weighted by molar-refractivity contribution is -0.274. The van der Waals surface area contributed by atoms with E-state index in [-0.39, 0.29) is 30.3 Å². The Morgan fingerprint density at radius 2 is 1.94 bits per heavy atom. The van der Waals surface area contributed by atoms with Gasteiger partial charge in [0.15, 0.2) is 0 Å². The van der Waals surface area contributed by atoms with Crippen molar-refractivity contribution in [2.45, 2.75) is 37.6 Å². The maximum absolute atomic E-state index is 13.2. The van der Waals surface area contributed by atoms with E-state index in [1.165, 1.54) is 12.3 Å². The molecule has 12 heteroatoms. The zero-order chi connectivity index (χ0) is 23.0. The molecule has 1 aromatic carbocycles. The van der Waals surface area contributed by atoms with Crippen molar-refractivity contribution < 1.29 is 35.9 Å². The summed E-state index contributed by atoms with van der Waals surface area (Å²) >= 11 is 0. The van der Waals surface area contributed by atoms with Crippen molar-refractivity contribution >= 4 is 21.6 Å². The molecular formula is C19H20F3N3O5S. The Hall–Kier alpha value is -3.02. The highest BCUT2D eigenvalue weighted by molar-refractivity contribution is 7.92. The Kier molecular flexibility index (Phi) is 5.78. The molecule has 0 radical (unpaired) electrons. The predicted octanol–water partition coefficient (Wildman–Crippen LogP) is 3.10. The monoisotopic (exact) mass is 459 g/mol. The fraction of sp³-hybridized carbons (Fsp3) is 0.368. The van der Waals surface area contributed by atoms with Crippen molar-refractivity contribution in [3.63, 3.8) is 0 Å². The number of sulfonamides is 1. The van der Waals surface area contributed by atoms with Crippen molar-refractivity contribution in [2.75, 3.05) is 17.5 Å². The average molecular weight is 459 g/mol. The Bertz CT molecular complexity index is 1100. The van der Waals surface area contributed by atoms with E-state index in [2.05, 4.69) is 15.0 Å². The second-order valence-electron chi connectivity index (χ2n) is 7.70. The smallest absolute Gasteiger partial charge is 0.474 e. The van der Waals surface area contributed by atoms with Gasteiger partial charge in [-0.1, -0.05) is 6.07 Å². The number of carbonyl (C=O) groups is 1. The summed E-state index contributed by atoms with van der Waals surface area (Å²) in [5.41, 5.74) is -0.419. The largest absolute Gasteiger partial charge is 0.573 e. The highest BCUT2D eigenvalue weighted by Gasteiger charge is 2.34. The molecule has 0 spiro atoms. The number of fused-ring (bicyclic) bond motifs is 1. The van der Waals surface area contributed by atoms with Crippen LogP contribution in [0, 0.1) is 0 Å². The van der Waals surface area contributed by atoms with Crippen LogP contribution in [0.1, 0.15) is 31.1 Å². The number of aromatic nitrogens is 1. The number of benzene rings is 1. The first-order chi connectivity index (χ1) is 14.3. The molecule has 1 amide bonds. The van der Waals surface area contributed by atoms with Gasteiger partial charge in [0.05, 0.1) is 17.0 Å². The second kappa shape index (κ2) is 7.91. The SMILES string of the molecule is CC(C)(C)NC(=O)c1cnc2c(c1)N(S(=O)(=O)c1cccc(OC(F)(F)F)c1)CCO2. The van der Waals surface area contributed by atoms with Gasteiger partial charge in [-0.25, -0.2) is 13.4 Å². The number of rotatable bonds is 4. The molecule has 1 N–H and O–H groups in total. The third-order valence-corrected chi connectivity index (χ3v) is 5.82. The molecule has 168 valence electrons. The van der Waals surface area contributed by atoms with E-state index < -0.39 is 38.5 Å². The molecule has 3 rings (SSSR count). The first kappa shape index (κ1) is 22.7. The maximum atomic E-state index is 13.2. The van der Waals surface area contributed by atoms with Gasteiger partial charge >= 0.3 is 6.36 Å². The standard InChI is InChI=1S/C19H20F3N3O5S/c1-18(2,3)24-16(26)12-9-15-17(23-11-12)29-8-7-25(15)31(27,28)14-6-4-5-13(10-14)30-19(20,21)22/h4-6,9-11H,7-8H2,1-3H3,(H,24,26). The van der Waals surface area contributed by atoms with E-state index in [4.69, 9.17) is 4.74 Å². The van der Waals surface area contributed by atoms with Gasteiger partial charge in [-0.05, 0) is 39.0 Å². The molecule has 0 saturated heterocycles.